The van der Waals surface area contributed by atoms with Crippen molar-refractivity contribution in [3.63, 3.8) is 0 Å². The molecule has 1 heterocycles. The number of hydrogen-bond donors (Lipinski definition) is 1. The predicted octanol–water partition coefficient (Wildman–Crippen LogP) is 4.27. The third-order valence-corrected chi connectivity index (χ3v) is 5.46. The summed E-state index contributed by atoms with van der Waals surface area (Å²) in [6, 6.07) is 26.3. The molecular formula is C25H27N3O2. The van der Waals surface area contributed by atoms with Crippen molar-refractivity contribution in [2.75, 3.05) is 43.5 Å². The lowest BCUT2D eigenvalue weighted by atomic mass is 10.1. The first-order chi connectivity index (χ1) is 14.7. The van der Waals surface area contributed by atoms with E-state index < -0.39 is 0 Å². The summed E-state index contributed by atoms with van der Waals surface area (Å²) in [5, 5.41) is 3.39. The minimum atomic E-state index is 0.0224. The number of para-hydroxylation sites is 1. The molecule has 1 aliphatic rings. The van der Waals surface area contributed by atoms with Crippen molar-refractivity contribution in [2.45, 2.75) is 6.54 Å². The minimum absolute atomic E-state index is 0.0224. The first-order valence-corrected chi connectivity index (χ1v) is 10.3. The van der Waals surface area contributed by atoms with Crippen LogP contribution in [0.1, 0.15) is 15.9 Å². The van der Waals surface area contributed by atoms with Gasteiger partial charge in [-0.1, -0.05) is 48.5 Å². The summed E-state index contributed by atoms with van der Waals surface area (Å²) >= 11 is 0. The van der Waals surface area contributed by atoms with Crippen LogP contribution in [0, 0.1) is 0 Å². The van der Waals surface area contributed by atoms with E-state index in [9.17, 15) is 4.79 Å². The van der Waals surface area contributed by atoms with Crippen molar-refractivity contribution in [1.29, 1.82) is 0 Å². The summed E-state index contributed by atoms with van der Waals surface area (Å²) in [6.07, 6.45) is 0. The van der Waals surface area contributed by atoms with Gasteiger partial charge in [0.05, 0.1) is 12.7 Å². The molecule has 1 amide bonds. The lowest BCUT2D eigenvalue weighted by molar-refractivity contribution is 0.0743. The van der Waals surface area contributed by atoms with Crippen LogP contribution in [-0.2, 0) is 6.54 Å². The van der Waals surface area contributed by atoms with Crippen LogP contribution in [0.2, 0.25) is 0 Å². The third kappa shape index (κ3) is 4.57. The SMILES string of the molecule is COc1cc(NCc2ccccc2)ccc1C(=O)N1CCN(c2ccccc2)CC1. The van der Waals surface area contributed by atoms with Gasteiger partial charge in [0, 0.05) is 50.2 Å². The molecule has 154 valence electrons. The largest absolute Gasteiger partial charge is 0.496 e. The molecule has 1 aliphatic heterocycles. The van der Waals surface area contributed by atoms with Gasteiger partial charge in [0.2, 0.25) is 0 Å². The second kappa shape index (κ2) is 9.35. The van der Waals surface area contributed by atoms with Crippen LogP contribution < -0.4 is 15.0 Å². The molecule has 30 heavy (non-hydrogen) atoms. The molecule has 5 heteroatoms. The second-order valence-electron chi connectivity index (χ2n) is 7.37. The van der Waals surface area contributed by atoms with Crippen LogP contribution in [0.15, 0.2) is 78.9 Å². The Morgan fingerprint density at radius 1 is 0.900 bits per heavy atom. The third-order valence-electron chi connectivity index (χ3n) is 5.46. The Hall–Kier alpha value is -3.47. The van der Waals surface area contributed by atoms with Crippen molar-refractivity contribution < 1.29 is 9.53 Å². The molecule has 0 bridgehead atoms. The smallest absolute Gasteiger partial charge is 0.257 e. The van der Waals surface area contributed by atoms with E-state index in [-0.39, 0.29) is 5.91 Å². The molecule has 3 aromatic carbocycles. The van der Waals surface area contributed by atoms with E-state index in [4.69, 9.17) is 4.74 Å². The average Bonchev–Trinajstić information content (AvgIpc) is 2.83. The van der Waals surface area contributed by atoms with Crippen LogP contribution in [0.3, 0.4) is 0 Å². The second-order valence-corrected chi connectivity index (χ2v) is 7.37. The molecule has 0 saturated carbocycles. The van der Waals surface area contributed by atoms with E-state index in [0.29, 0.717) is 24.4 Å². The highest BCUT2D eigenvalue weighted by Crippen LogP contribution is 2.26. The fraction of sp³-hybridized carbons (Fsp3) is 0.240. The lowest BCUT2D eigenvalue weighted by Crippen LogP contribution is -2.48. The molecule has 0 atom stereocenters. The Bertz CT molecular complexity index is 968. The van der Waals surface area contributed by atoms with E-state index in [2.05, 4.69) is 34.5 Å². The van der Waals surface area contributed by atoms with Crippen LogP contribution in [0.4, 0.5) is 11.4 Å². The molecule has 4 rings (SSSR count). The van der Waals surface area contributed by atoms with Gasteiger partial charge < -0.3 is 19.9 Å². The monoisotopic (exact) mass is 401 g/mol. The number of anilines is 2. The number of nitrogens with one attached hydrogen (secondary N) is 1. The zero-order valence-electron chi connectivity index (χ0n) is 17.3. The molecule has 1 N–H and O–H groups in total. The number of benzene rings is 3. The van der Waals surface area contributed by atoms with Crippen molar-refractivity contribution in [1.82, 2.24) is 4.90 Å². The Balaban J connectivity index is 1.40. The van der Waals surface area contributed by atoms with Gasteiger partial charge in [0.1, 0.15) is 5.75 Å². The van der Waals surface area contributed by atoms with E-state index in [1.165, 1.54) is 11.3 Å². The number of carbonyl (C=O) groups is 1. The van der Waals surface area contributed by atoms with Gasteiger partial charge in [-0.15, -0.1) is 0 Å². The van der Waals surface area contributed by atoms with Gasteiger partial charge in [-0.2, -0.15) is 0 Å². The Labute approximate surface area is 177 Å². The van der Waals surface area contributed by atoms with Crippen LogP contribution in [0.25, 0.3) is 0 Å². The topological polar surface area (TPSA) is 44.8 Å². The maximum atomic E-state index is 13.1. The van der Waals surface area contributed by atoms with Crippen LogP contribution in [0.5, 0.6) is 5.75 Å². The normalized spacial score (nSPS) is 13.8. The molecule has 0 spiro atoms. The molecular weight excluding hydrogens is 374 g/mol. The molecule has 5 nitrogen and oxygen atoms in total. The van der Waals surface area contributed by atoms with E-state index in [1.54, 1.807) is 7.11 Å². The summed E-state index contributed by atoms with van der Waals surface area (Å²) in [6.45, 7) is 3.78. The summed E-state index contributed by atoms with van der Waals surface area (Å²) in [5.74, 6) is 0.623. The highest BCUT2D eigenvalue weighted by Gasteiger charge is 2.24. The fourth-order valence-corrected chi connectivity index (χ4v) is 3.75. The standard InChI is InChI=1S/C25H27N3O2/c1-30-24-18-21(26-19-20-8-4-2-5-9-20)12-13-23(24)25(29)28-16-14-27(15-17-28)22-10-6-3-7-11-22/h2-13,18,26H,14-17,19H2,1H3. The Morgan fingerprint density at radius 3 is 2.23 bits per heavy atom. The summed E-state index contributed by atoms with van der Waals surface area (Å²) < 4.78 is 5.54. The molecule has 0 aromatic heterocycles. The zero-order valence-corrected chi connectivity index (χ0v) is 17.3. The van der Waals surface area contributed by atoms with Crippen molar-refractivity contribution in [2.24, 2.45) is 0 Å². The number of methoxy groups -OCH3 is 1. The first kappa shape index (κ1) is 19.8. The maximum absolute atomic E-state index is 13.1. The van der Waals surface area contributed by atoms with Gasteiger partial charge in [-0.05, 0) is 29.8 Å². The highest BCUT2D eigenvalue weighted by molar-refractivity contribution is 5.97. The van der Waals surface area contributed by atoms with E-state index in [1.807, 2.05) is 59.5 Å². The quantitative estimate of drug-likeness (QED) is 0.670. The predicted molar refractivity (Wildman–Crippen MR) is 121 cm³/mol. The maximum Gasteiger partial charge on any atom is 0.257 e. The number of rotatable bonds is 6. The Kier molecular flexibility index (Phi) is 6.18. The Morgan fingerprint density at radius 2 is 1.57 bits per heavy atom. The summed E-state index contributed by atoms with van der Waals surface area (Å²) in [7, 11) is 1.61. The number of carbonyl (C=O) groups excluding carboxylic acids is 1. The summed E-state index contributed by atoms with van der Waals surface area (Å²) in [4.78, 5) is 17.3. The van der Waals surface area contributed by atoms with Crippen LogP contribution >= 0.6 is 0 Å². The number of ether oxygens (including phenoxy) is 1. The average molecular weight is 402 g/mol. The number of amides is 1. The highest BCUT2D eigenvalue weighted by atomic mass is 16.5. The van der Waals surface area contributed by atoms with Gasteiger partial charge in [-0.3, -0.25) is 4.79 Å². The molecule has 0 radical (unpaired) electrons. The summed E-state index contributed by atoms with van der Waals surface area (Å²) in [5.41, 5.74) is 3.95. The molecule has 3 aromatic rings. The minimum Gasteiger partial charge on any atom is -0.496 e. The van der Waals surface area contributed by atoms with Gasteiger partial charge >= 0.3 is 0 Å². The van der Waals surface area contributed by atoms with Crippen molar-refractivity contribution >= 4 is 17.3 Å². The van der Waals surface area contributed by atoms with Crippen molar-refractivity contribution in [3.05, 3.63) is 90.0 Å². The zero-order chi connectivity index (χ0) is 20.8. The van der Waals surface area contributed by atoms with Crippen LogP contribution in [-0.4, -0.2) is 44.1 Å². The number of hydrogen-bond acceptors (Lipinski definition) is 4. The van der Waals surface area contributed by atoms with Crippen molar-refractivity contribution in [3.8, 4) is 5.75 Å². The molecule has 1 fully saturated rings. The molecule has 0 unspecified atom stereocenters. The first-order valence-electron chi connectivity index (χ1n) is 10.3. The fourth-order valence-electron chi connectivity index (χ4n) is 3.75. The lowest BCUT2D eigenvalue weighted by Gasteiger charge is -2.36. The van der Waals surface area contributed by atoms with E-state index >= 15 is 0 Å². The number of nitrogens with zero attached hydrogens (tertiary/aromatic N) is 2. The molecule has 0 aliphatic carbocycles. The van der Waals surface area contributed by atoms with E-state index in [0.717, 1.165) is 25.3 Å². The molecule has 1 saturated heterocycles. The number of piperazine rings is 1. The van der Waals surface area contributed by atoms with Gasteiger partial charge in [0.15, 0.2) is 0 Å². The van der Waals surface area contributed by atoms with Gasteiger partial charge in [-0.25, -0.2) is 0 Å². The van der Waals surface area contributed by atoms with Gasteiger partial charge in [0.25, 0.3) is 5.91 Å².